The van der Waals surface area contributed by atoms with Crippen molar-refractivity contribution in [3.05, 3.63) is 48.3 Å². The number of ether oxygens (including phenoxy) is 1. The Morgan fingerprint density at radius 1 is 1.21 bits per heavy atom. The van der Waals surface area contributed by atoms with Crippen LogP contribution in [0.4, 0.5) is 5.69 Å². The third-order valence-corrected chi connectivity index (χ3v) is 3.52. The Kier molecular flexibility index (Phi) is 3.91. The van der Waals surface area contributed by atoms with Crippen molar-refractivity contribution >= 4 is 28.5 Å². The average Bonchev–Trinajstić information content (AvgIpc) is 2.86. The second-order valence-electron chi connectivity index (χ2n) is 5.28. The lowest BCUT2D eigenvalue weighted by atomic mass is 10.2. The van der Waals surface area contributed by atoms with E-state index in [4.69, 9.17) is 9.84 Å². The molecule has 7 heteroatoms. The van der Waals surface area contributed by atoms with Gasteiger partial charge in [0.15, 0.2) is 0 Å². The zero-order valence-corrected chi connectivity index (χ0v) is 13.1. The van der Waals surface area contributed by atoms with Gasteiger partial charge >= 0.3 is 5.97 Å². The SMILES string of the molecule is CC(=O)Nc1ccc(Oc2ccc3cc(C(=O)O)n(C)c3c2)nc1. The van der Waals surface area contributed by atoms with Crippen LogP contribution in [0.15, 0.2) is 42.6 Å². The molecule has 0 aliphatic rings. The molecular formula is C17H15N3O4. The van der Waals surface area contributed by atoms with Crippen molar-refractivity contribution in [2.24, 2.45) is 7.05 Å². The molecule has 0 radical (unpaired) electrons. The first-order valence-electron chi connectivity index (χ1n) is 7.18. The number of hydrogen-bond donors (Lipinski definition) is 2. The van der Waals surface area contributed by atoms with E-state index in [1.165, 1.54) is 13.1 Å². The number of carbonyl (C=O) groups excluding carboxylic acids is 1. The van der Waals surface area contributed by atoms with E-state index in [1.807, 2.05) is 0 Å². The molecule has 122 valence electrons. The monoisotopic (exact) mass is 325 g/mol. The van der Waals surface area contributed by atoms with Gasteiger partial charge in [0.25, 0.3) is 0 Å². The number of benzene rings is 1. The molecule has 2 aromatic heterocycles. The van der Waals surface area contributed by atoms with Gasteiger partial charge in [-0.05, 0) is 24.3 Å². The minimum absolute atomic E-state index is 0.172. The molecule has 2 heterocycles. The molecule has 3 aromatic rings. The van der Waals surface area contributed by atoms with Crippen LogP contribution in [0.3, 0.4) is 0 Å². The molecule has 3 rings (SSSR count). The van der Waals surface area contributed by atoms with Gasteiger partial charge in [-0.15, -0.1) is 0 Å². The van der Waals surface area contributed by atoms with Gasteiger partial charge in [-0.2, -0.15) is 0 Å². The Labute approximate surface area is 137 Å². The highest BCUT2D eigenvalue weighted by atomic mass is 16.5. The predicted molar refractivity (Wildman–Crippen MR) is 88.5 cm³/mol. The molecule has 0 fully saturated rings. The molecule has 1 amide bonds. The van der Waals surface area contributed by atoms with Gasteiger partial charge in [0.2, 0.25) is 11.8 Å². The topological polar surface area (TPSA) is 93.5 Å². The van der Waals surface area contributed by atoms with Crippen molar-refractivity contribution in [2.45, 2.75) is 6.92 Å². The maximum absolute atomic E-state index is 11.2. The van der Waals surface area contributed by atoms with E-state index >= 15 is 0 Å². The van der Waals surface area contributed by atoms with Crippen LogP contribution in [0.25, 0.3) is 10.9 Å². The van der Waals surface area contributed by atoms with Crippen LogP contribution >= 0.6 is 0 Å². The van der Waals surface area contributed by atoms with Crippen LogP contribution in [-0.2, 0) is 11.8 Å². The molecule has 0 saturated heterocycles. The molecule has 0 aliphatic heterocycles. The summed E-state index contributed by atoms with van der Waals surface area (Å²) in [6, 6.07) is 10.2. The number of aryl methyl sites for hydroxylation is 1. The van der Waals surface area contributed by atoms with Gasteiger partial charge in [-0.1, -0.05) is 0 Å². The number of carboxylic acids is 1. The van der Waals surface area contributed by atoms with Crippen LogP contribution < -0.4 is 10.1 Å². The van der Waals surface area contributed by atoms with E-state index in [-0.39, 0.29) is 11.6 Å². The molecule has 24 heavy (non-hydrogen) atoms. The zero-order valence-electron chi connectivity index (χ0n) is 13.1. The van der Waals surface area contributed by atoms with Gasteiger partial charge in [0.05, 0.1) is 17.4 Å². The van der Waals surface area contributed by atoms with E-state index in [9.17, 15) is 9.59 Å². The molecule has 0 atom stereocenters. The number of carboxylic acid groups (broad SMARTS) is 1. The van der Waals surface area contributed by atoms with Gasteiger partial charge in [0.1, 0.15) is 11.4 Å². The minimum atomic E-state index is -0.980. The van der Waals surface area contributed by atoms with Crippen molar-refractivity contribution in [1.29, 1.82) is 0 Å². The molecule has 0 unspecified atom stereocenters. The molecular weight excluding hydrogens is 310 g/mol. The average molecular weight is 325 g/mol. The summed E-state index contributed by atoms with van der Waals surface area (Å²) in [7, 11) is 1.69. The molecule has 1 aromatic carbocycles. The number of carbonyl (C=O) groups is 2. The fraction of sp³-hybridized carbons (Fsp3) is 0.118. The van der Waals surface area contributed by atoms with Gasteiger partial charge in [0, 0.05) is 31.5 Å². The highest BCUT2D eigenvalue weighted by Crippen LogP contribution is 2.27. The van der Waals surface area contributed by atoms with E-state index in [0.717, 1.165) is 10.9 Å². The highest BCUT2D eigenvalue weighted by molar-refractivity contribution is 5.95. The zero-order chi connectivity index (χ0) is 17.3. The number of aromatic carboxylic acids is 1. The lowest BCUT2D eigenvalue weighted by Crippen LogP contribution is -2.05. The molecule has 0 spiro atoms. The third-order valence-electron chi connectivity index (χ3n) is 3.52. The minimum Gasteiger partial charge on any atom is -0.477 e. The summed E-state index contributed by atoms with van der Waals surface area (Å²) in [4.78, 5) is 26.3. The number of anilines is 1. The van der Waals surface area contributed by atoms with Crippen molar-refractivity contribution < 1.29 is 19.4 Å². The Morgan fingerprint density at radius 2 is 2.00 bits per heavy atom. The Balaban J connectivity index is 1.86. The number of pyridine rings is 1. The summed E-state index contributed by atoms with van der Waals surface area (Å²) in [5.74, 6) is -0.239. The van der Waals surface area contributed by atoms with E-state index in [2.05, 4.69) is 10.3 Å². The fourth-order valence-corrected chi connectivity index (χ4v) is 2.42. The van der Waals surface area contributed by atoms with Crippen molar-refractivity contribution in [3.8, 4) is 11.6 Å². The molecule has 0 aliphatic carbocycles. The summed E-state index contributed by atoms with van der Waals surface area (Å²) in [6.07, 6.45) is 1.50. The number of nitrogens with zero attached hydrogens (tertiary/aromatic N) is 2. The lowest BCUT2D eigenvalue weighted by Gasteiger charge is -2.07. The maximum Gasteiger partial charge on any atom is 0.352 e. The quantitative estimate of drug-likeness (QED) is 0.769. The summed E-state index contributed by atoms with van der Waals surface area (Å²) in [6.45, 7) is 1.42. The molecule has 0 bridgehead atoms. The molecule has 0 saturated carbocycles. The van der Waals surface area contributed by atoms with E-state index in [1.54, 1.807) is 48.0 Å². The van der Waals surface area contributed by atoms with E-state index < -0.39 is 5.97 Å². The van der Waals surface area contributed by atoms with Gasteiger partial charge in [-0.3, -0.25) is 4.79 Å². The van der Waals surface area contributed by atoms with Crippen LogP contribution in [0, 0.1) is 0 Å². The number of amides is 1. The largest absolute Gasteiger partial charge is 0.477 e. The Hall–Kier alpha value is -3.35. The van der Waals surface area contributed by atoms with Crippen LogP contribution in [-0.4, -0.2) is 26.5 Å². The summed E-state index contributed by atoms with van der Waals surface area (Å²) >= 11 is 0. The first kappa shape index (κ1) is 15.5. The van der Waals surface area contributed by atoms with Crippen LogP contribution in [0.2, 0.25) is 0 Å². The van der Waals surface area contributed by atoms with Crippen molar-refractivity contribution in [2.75, 3.05) is 5.32 Å². The number of hydrogen-bond acceptors (Lipinski definition) is 4. The maximum atomic E-state index is 11.2. The smallest absolute Gasteiger partial charge is 0.352 e. The van der Waals surface area contributed by atoms with Crippen molar-refractivity contribution in [3.63, 3.8) is 0 Å². The number of nitrogens with one attached hydrogen (secondary N) is 1. The predicted octanol–water partition coefficient (Wildman–Crippen LogP) is 3.02. The van der Waals surface area contributed by atoms with Crippen LogP contribution in [0.5, 0.6) is 11.6 Å². The normalized spacial score (nSPS) is 10.6. The standard InChI is InChI=1S/C17H15N3O4/c1-10(21)19-12-4-6-16(18-9-12)24-13-5-3-11-7-15(17(22)23)20(2)14(11)8-13/h3-9H,1-2H3,(H,19,21)(H,22,23). The van der Waals surface area contributed by atoms with Gasteiger partial charge < -0.3 is 19.7 Å². The Bertz CT molecular complexity index is 929. The van der Waals surface area contributed by atoms with Crippen LogP contribution in [0.1, 0.15) is 17.4 Å². The number of aromatic nitrogens is 2. The number of fused-ring (bicyclic) bond motifs is 1. The van der Waals surface area contributed by atoms with Crippen molar-refractivity contribution in [1.82, 2.24) is 9.55 Å². The summed E-state index contributed by atoms with van der Waals surface area (Å²) in [5, 5.41) is 12.6. The Morgan fingerprint density at radius 3 is 2.62 bits per heavy atom. The second kappa shape index (κ2) is 6.04. The lowest BCUT2D eigenvalue weighted by molar-refractivity contribution is -0.114. The highest BCUT2D eigenvalue weighted by Gasteiger charge is 2.12. The van der Waals surface area contributed by atoms with E-state index in [0.29, 0.717) is 17.3 Å². The third kappa shape index (κ3) is 3.05. The summed E-state index contributed by atoms with van der Waals surface area (Å²) < 4.78 is 7.28. The first-order valence-corrected chi connectivity index (χ1v) is 7.18. The second-order valence-corrected chi connectivity index (χ2v) is 5.28. The first-order chi connectivity index (χ1) is 11.4. The molecule has 2 N–H and O–H groups in total. The number of rotatable bonds is 4. The summed E-state index contributed by atoms with van der Waals surface area (Å²) in [5.41, 5.74) is 1.54. The fourth-order valence-electron chi connectivity index (χ4n) is 2.42. The van der Waals surface area contributed by atoms with Gasteiger partial charge in [-0.25, -0.2) is 9.78 Å². The molecule has 7 nitrogen and oxygen atoms in total.